The van der Waals surface area contributed by atoms with Gasteiger partial charge in [-0.2, -0.15) is 0 Å². The molecule has 1 atom stereocenters. The van der Waals surface area contributed by atoms with Crippen LogP contribution < -0.4 is 0 Å². The molecule has 0 radical (unpaired) electrons. The molecular formula is C12H17ClO2. The SMILES string of the molecule is Cc1cc(C(O)COC(C)C)ccc1Cl. The van der Waals surface area contributed by atoms with Crippen LogP contribution in [0.5, 0.6) is 0 Å². The lowest BCUT2D eigenvalue weighted by Crippen LogP contribution is -2.11. The molecule has 84 valence electrons. The van der Waals surface area contributed by atoms with Crippen LogP contribution in [-0.2, 0) is 4.74 Å². The quantitative estimate of drug-likeness (QED) is 0.858. The fraction of sp³-hybridized carbons (Fsp3) is 0.500. The molecule has 0 fully saturated rings. The fourth-order valence-electron chi connectivity index (χ4n) is 1.25. The van der Waals surface area contributed by atoms with Gasteiger partial charge in [0.1, 0.15) is 6.10 Å². The van der Waals surface area contributed by atoms with Crippen LogP contribution in [0.1, 0.15) is 31.1 Å². The zero-order valence-corrected chi connectivity index (χ0v) is 10.1. The van der Waals surface area contributed by atoms with Crippen LogP contribution in [0.15, 0.2) is 18.2 Å². The van der Waals surface area contributed by atoms with Gasteiger partial charge < -0.3 is 9.84 Å². The van der Waals surface area contributed by atoms with Gasteiger partial charge in [0.15, 0.2) is 0 Å². The molecule has 1 unspecified atom stereocenters. The standard InChI is InChI=1S/C12H17ClO2/c1-8(2)15-7-12(14)10-4-5-11(13)9(3)6-10/h4-6,8,12,14H,7H2,1-3H3. The van der Waals surface area contributed by atoms with Gasteiger partial charge in [0, 0.05) is 5.02 Å². The molecule has 0 aliphatic carbocycles. The predicted octanol–water partition coefficient (Wildman–Crippen LogP) is 3.11. The van der Waals surface area contributed by atoms with Gasteiger partial charge in [-0.05, 0) is 38.0 Å². The molecule has 15 heavy (non-hydrogen) atoms. The Hall–Kier alpha value is -0.570. The summed E-state index contributed by atoms with van der Waals surface area (Å²) < 4.78 is 5.35. The Morgan fingerprint density at radius 3 is 2.60 bits per heavy atom. The van der Waals surface area contributed by atoms with Crippen LogP contribution in [0, 0.1) is 6.92 Å². The van der Waals surface area contributed by atoms with E-state index in [1.165, 1.54) is 0 Å². The van der Waals surface area contributed by atoms with Crippen molar-refractivity contribution in [2.45, 2.75) is 33.0 Å². The van der Waals surface area contributed by atoms with E-state index in [1.54, 1.807) is 6.07 Å². The van der Waals surface area contributed by atoms with Crippen LogP contribution in [0.25, 0.3) is 0 Å². The van der Waals surface area contributed by atoms with Crippen molar-refractivity contribution in [3.05, 3.63) is 34.3 Å². The average Bonchev–Trinajstić information content (AvgIpc) is 2.18. The average molecular weight is 229 g/mol. The zero-order chi connectivity index (χ0) is 11.4. The highest BCUT2D eigenvalue weighted by Crippen LogP contribution is 2.21. The summed E-state index contributed by atoms with van der Waals surface area (Å²) in [5.41, 5.74) is 1.82. The van der Waals surface area contributed by atoms with Crippen molar-refractivity contribution in [3.63, 3.8) is 0 Å². The smallest absolute Gasteiger partial charge is 0.102 e. The van der Waals surface area contributed by atoms with E-state index in [0.717, 1.165) is 16.1 Å². The Balaban J connectivity index is 2.65. The normalized spacial score (nSPS) is 13.2. The maximum atomic E-state index is 9.82. The highest BCUT2D eigenvalue weighted by Gasteiger charge is 2.09. The van der Waals surface area contributed by atoms with Gasteiger partial charge in [-0.25, -0.2) is 0 Å². The molecule has 1 N–H and O–H groups in total. The second kappa shape index (κ2) is 5.50. The van der Waals surface area contributed by atoms with E-state index in [-0.39, 0.29) is 6.10 Å². The van der Waals surface area contributed by atoms with E-state index in [2.05, 4.69) is 0 Å². The molecule has 0 aromatic heterocycles. The van der Waals surface area contributed by atoms with Crippen molar-refractivity contribution in [2.24, 2.45) is 0 Å². The molecule has 0 aliphatic rings. The van der Waals surface area contributed by atoms with E-state index >= 15 is 0 Å². The van der Waals surface area contributed by atoms with Crippen LogP contribution in [0.4, 0.5) is 0 Å². The van der Waals surface area contributed by atoms with Crippen molar-refractivity contribution < 1.29 is 9.84 Å². The number of hydrogen-bond donors (Lipinski definition) is 1. The summed E-state index contributed by atoms with van der Waals surface area (Å²) in [5.74, 6) is 0. The van der Waals surface area contributed by atoms with Crippen molar-refractivity contribution in [1.82, 2.24) is 0 Å². The van der Waals surface area contributed by atoms with E-state index in [9.17, 15) is 5.11 Å². The maximum Gasteiger partial charge on any atom is 0.102 e. The molecule has 0 amide bonds. The monoisotopic (exact) mass is 228 g/mol. The minimum Gasteiger partial charge on any atom is -0.386 e. The zero-order valence-electron chi connectivity index (χ0n) is 9.33. The molecule has 2 nitrogen and oxygen atoms in total. The van der Waals surface area contributed by atoms with Gasteiger partial charge in [0.05, 0.1) is 12.7 Å². The topological polar surface area (TPSA) is 29.5 Å². The number of aliphatic hydroxyl groups is 1. The van der Waals surface area contributed by atoms with Crippen molar-refractivity contribution in [3.8, 4) is 0 Å². The molecule has 1 rings (SSSR count). The lowest BCUT2D eigenvalue weighted by Gasteiger charge is -2.14. The summed E-state index contributed by atoms with van der Waals surface area (Å²) in [7, 11) is 0. The fourth-order valence-corrected chi connectivity index (χ4v) is 1.37. The van der Waals surface area contributed by atoms with E-state index in [0.29, 0.717) is 6.61 Å². The van der Waals surface area contributed by atoms with Crippen LogP contribution >= 0.6 is 11.6 Å². The lowest BCUT2D eigenvalue weighted by atomic mass is 10.1. The maximum absolute atomic E-state index is 9.82. The molecule has 1 aromatic rings. The summed E-state index contributed by atoms with van der Waals surface area (Å²) >= 11 is 5.90. The largest absolute Gasteiger partial charge is 0.386 e. The molecule has 0 heterocycles. The second-order valence-electron chi connectivity index (χ2n) is 3.91. The first-order chi connectivity index (χ1) is 7.00. The Morgan fingerprint density at radius 2 is 2.07 bits per heavy atom. The highest BCUT2D eigenvalue weighted by atomic mass is 35.5. The van der Waals surface area contributed by atoms with E-state index in [1.807, 2.05) is 32.9 Å². The van der Waals surface area contributed by atoms with Gasteiger partial charge in [-0.3, -0.25) is 0 Å². The number of benzene rings is 1. The molecule has 0 saturated carbocycles. The van der Waals surface area contributed by atoms with Crippen LogP contribution in [0.3, 0.4) is 0 Å². The van der Waals surface area contributed by atoms with Crippen molar-refractivity contribution in [2.75, 3.05) is 6.61 Å². The third-order valence-electron chi connectivity index (χ3n) is 2.15. The van der Waals surface area contributed by atoms with Crippen LogP contribution in [-0.4, -0.2) is 17.8 Å². The molecule has 0 aliphatic heterocycles. The summed E-state index contributed by atoms with van der Waals surface area (Å²) in [6.45, 7) is 6.13. The minimum atomic E-state index is -0.580. The molecule has 1 aromatic carbocycles. The van der Waals surface area contributed by atoms with Gasteiger partial charge in [0.2, 0.25) is 0 Å². The molecule has 3 heteroatoms. The van der Waals surface area contributed by atoms with Crippen molar-refractivity contribution in [1.29, 1.82) is 0 Å². The summed E-state index contributed by atoms with van der Waals surface area (Å²) in [6, 6.07) is 5.51. The summed E-state index contributed by atoms with van der Waals surface area (Å²) in [5, 5.41) is 10.5. The van der Waals surface area contributed by atoms with Gasteiger partial charge in [-0.1, -0.05) is 23.7 Å². The van der Waals surface area contributed by atoms with Gasteiger partial charge in [0.25, 0.3) is 0 Å². The third kappa shape index (κ3) is 3.82. The predicted molar refractivity (Wildman–Crippen MR) is 62.2 cm³/mol. The van der Waals surface area contributed by atoms with Gasteiger partial charge >= 0.3 is 0 Å². The Kier molecular flexibility index (Phi) is 4.58. The third-order valence-corrected chi connectivity index (χ3v) is 2.58. The number of aliphatic hydroxyl groups excluding tert-OH is 1. The first-order valence-corrected chi connectivity index (χ1v) is 5.44. The molecule has 0 bridgehead atoms. The summed E-state index contributed by atoms with van der Waals surface area (Å²) in [6.07, 6.45) is -0.448. The Bertz CT molecular complexity index is 323. The minimum absolute atomic E-state index is 0.132. The van der Waals surface area contributed by atoms with E-state index in [4.69, 9.17) is 16.3 Å². The Labute approximate surface area is 95.8 Å². The number of rotatable bonds is 4. The number of aryl methyl sites for hydroxylation is 1. The van der Waals surface area contributed by atoms with Crippen molar-refractivity contribution >= 4 is 11.6 Å². The van der Waals surface area contributed by atoms with Crippen LogP contribution in [0.2, 0.25) is 5.02 Å². The number of halogens is 1. The number of hydrogen-bond acceptors (Lipinski definition) is 2. The van der Waals surface area contributed by atoms with E-state index < -0.39 is 6.10 Å². The molecular weight excluding hydrogens is 212 g/mol. The lowest BCUT2D eigenvalue weighted by molar-refractivity contribution is 0.00491. The molecule has 0 saturated heterocycles. The molecule has 0 spiro atoms. The first-order valence-electron chi connectivity index (χ1n) is 5.06. The second-order valence-corrected chi connectivity index (χ2v) is 4.31. The Morgan fingerprint density at radius 1 is 1.40 bits per heavy atom. The first kappa shape index (κ1) is 12.5. The highest BCUT2D eigenvalue weighted by molar-refractivity contribution is 6.31. The summed E-state index contributed by atoms with van der Waals surface area (Å²) in [4.78, 5) is 0. The number of ether oxygens (including phenoxy) is 1. The van der Waals surface area contributed by atoms with Gasteiger partial charge in [-0.15, -0.1) is 0 Å².